The third-order valence-corrected chi connectivity index (χ3v) is 8.31. The van der Waals surface area contributed by atoms with Crippen molar-refractivity contribution in [1.29, 1.82) is 0 Å². The SMILES string of the molecule is O=C1CSC(c2ccccc2)N1c1nc(Sc2nc3ccccc3s2)cs1. The van der Waals surface area contributed by atoms with Crippen LogP contribution in [0.1, 0.15) is 10.9 Å². The lowest BCUT2D eigenvalue weighted by Crippen LogP contribution is -2.27. The van der Waals surface area contributed by atoms with Gasteiger partial charge in [-0.2, -0.15) is 0 Å². The minimum absolute atomic E-state index is 0.00912. The van der Waals surface area contributed by atoms with Crippen LogP contribution in [-0.4, -0.2) is 21.6 Å². The maximum absolute atomic E-state index is 12.5. The fourth-order valence-electron chi connectivity index (χ4n) is 2.89. The number of para-hydroxylation sites is 1. The van der Waals surface area contributed by atoms with Crippen molar-refractivity contribution in [2.45, 2.75) is 14.7 Å². The number of anilines is 1. The van der Waals surface area contributed by atoms with E-state index in [1.54, 1.807) is 34.9 Å². The van der Waals surface area contributed by atoms with Crippen LogP contribution in [0.4, 0.5) is 5.13 Å². The lowest BCUT2D eigenvalue weighted by atomic mass is 10.2. The summed E-state index contributed by atoms with van der Waals surface area (Å²) in [7, 11) is 0. The van der Waals surface area contributed by atoms with Crippen LogP contribution in [0.25, 0.3) is 10.2 Å². The van der Waals surface area contributed by atoms with Gasteiger partial charge in [0.15, 0.2) is 9.47 Å². The highest BCUT2D eigenvalue weighted by molar-refractivity contribution is 8.01. The number of hydrogen-bond acceptors (Lipinski definition) is 7. The Morgan fingerprint density at radius 3 is 2.70 bits per heavy atom. The van der Waals surface area contributed by atoms with E-state index in [9.17, 15) is 4.79 Å². The first-order valence-corrected chi connectivity index (χ1v) is 11.8. The number of rotatable bonds is 4. The number of thioether (sulfide) groups is 1. The summed E-state index contributed by atoms with van der Waals surface area (Å²) in [5.41, 5.74) is 2.14. The molecule has 0 N–H and O–H groups in total. The standard InChI is InChI=1S/C19H13N3OS4/c23-16-11-24-17(12-6-2-1-3-7-12)22(16)18-21-15(10-25-18)27-19-20-13-8-4-5-9-14(13)26-19/h1-10,17H,11H2. The van der Waals surface area contributed by atoms with Gasteiger partial charge in [0, 0.05) is 5.38 Å². The normalized spacial score (nSPS) is 17.1. The minimum Gasteiger partial charge on any atom is -0.273 e. The fourth-order valence-corrected chi connectivity index (χ4v) is 7.08. The van der Waals surface area contributed by atoms with Crippen molar-refractivity contribution in [3.63, 3.8) is 0 Å². The predicted molar refractivity (Wildman–Crippen MR) is 115 cm³/mol. The molecule has 4 aromatic rings. The number of nitrogens with zero attached hydrogens (tertiary/aromatic N) is 3. The summed E-state index contributed by atoms with van der Waals surface area (Å²) in [6.07, 6.45) is 0. The molecule has 134 valence electrons. The molecular formula is C19H13N3OS4. The number of carbonyl (C=O) groups is 1. The van der Waals surface area contributed by atoms with Gasteiger partial charge in [0.05, 0.1) is 16.0 Å². The first-order chi connectivity index (χ1) is 13.3. The third kappa shape index (κ3) is 3.38. The summed E-state index contributed by atoms with van der Waals surface area (Å²) in [4.78, 5) is 23.7. The van der Waals surface area contributed by atoms with Gasteiger partial charge in [0.1, 0.15) is 10.4 Å². The van der Waals surface area contributed by atoms with E-state index in [0.717, 1.165) is 25.6 Å². The molecule has 4 nitrogen and oxygen atoms in total. The Hall–Kier alpha value is -1.87. The van der Waals surface area contributed by atoms with E-state index in [1.807, 2.05) is 46.7 Å². The zero-order chi connectivity index (χ0) is 18.2. The molecule has 0 bridgehead atoms. The highest BCUT2D eigenvalue weighted by atomic mass is 32.2. The van der Waals surface area contributed by atoms with Crippen molar-refractivity contribution >= 4 is 67.5 Å². The molecule has 1 fully saturated rings. The molecule has 1 aliphatic heterocycles. The molecule has 2 aromatic carbocycles. The molecule has 3 heterocycles. The van der Waals surface area contributed by atoms with Gasteiger partial charge in [-0.25, -0.2) is 9.97 Å². The summed E-state index contributed by atoms with van der Waals surface area (Å²) >= 11 is 6.38. The maximum Gasteiger partial charge on any atom is 0.240 e. The van der Waals surface area contributed by atoms with Crippen molar-refractivity contribution in [2.24, 2.45) is 0 Å². The van der Waals surface area contributed by atoms with Gasteiger partial charge in [-0.05, 0) is 29.5 Å². The van der Waals surface area contributed by atoms with E-state index < -0.39 is 0 Å². The van der Waals surface area contributed by atoms with Gasteiger partial charge in [0.25, 0.3) is 0 Å². The average Bonchev–Trinajstić information content (AvgIpc) is 3.40. The van der Waals surface area contributed by atoms with Crippen LogP contribution in [0.5, 0.6) is 0 Å². The smallest absolute Gasteiger partial charge is 0.240 e. The Kier molecular flexibility index (Phi) is 4.65. The van der Waals surface area contributed by atoms with Gasteiger partial charge < -0.3 is 0 Å². The van der Waals surface area contributed by atoms with Crippen LogP contribution < -0.4 is 4.90 Å². The number of amides is 1. The molecule has 1 amide bonds. The van der Waals surface area contributed by atoms with Crippen molar-refractivity contribution in [3.8, 4) is 0 Å². The van der Waals surface area contributed by atoms with Crippen molar-refractivity contribution < 1.29 is 4.79 Å². The zero-order valence-electron chi connectivity index (χ0n) is 13.9. The number of fused-ring (bicyclic) bond motifs is 1. The van der Waals surface area contributed by atoms with Gasteiger partial charge in [0.2, 0.25) is 5.91 Å². The zero-order valence-corrected chi connectivity index (χ0v) is 17.2. The van der Waals surface area contributed by atoms with Gasteiger partial charge >= 0.3 is 0 Å². The lowest BCUT2D eigenvalue weighted by molar-refractivity contribution is -0.115. The number of aromatic nitrogens is 2. The molecule has 0 aliphatic carbocycles. The van der Waals surface area contributed by atoms with E-state index in [2.05, 4.69) is 23.2 Å². The number of hydrogen-bond donors (Lipinski definition) is 0. The Bertz CT molecular complexity index is 1080. The molecule has 5 rings (SSSR count). The minimum atomic E-state index is -0.00912. The van der Waals surface area contributed by atoms with E-state index in [1.165, 1.54) is 16.0 Å². The molecule has 27 heavy (non-hydrogen) atoms. The molecular weight excluding hydrogens is 414 g/mol. The first kappa shape index (κ1) is 17.2. The highest BCUT2D eigenvalue weighted by Crippen LogP contribution is 2.44. The van der Waals surface area contributed by atoms with E-state index in [4.69, 9.17) is 4.98 Å². The monoisotopic (exact) mass is 427 g/mol. The van der Waals surface area contributed by atoms with Crippen LogP contribution in [-0.2, 0) is 4.79 Å². The van der Waals surface area contributed by atoms with E-state index >= 15 is 0 Å². The number of thiazole rings is 2. The second kappa shape index (κ2) is 7.27. The molecule has 0 radical (unpaired) electrons. The van der Waals surface area contributed by atoms with E-state index in [-0.39, 0.29) is 11.3 Å². The van der Waals surface area contributed by atoms with Gasteiger partial charge in [-0.1, -0.05) is 42.5 Å². The molecule has 1 atom stereocenters. The summed E-state index contributed by atoms with van der Waals surface area (Å²) in [5.74, 6) is 0.596. The van der Waals surface area contributed by atoms with Crippen LogP contribution in [0.15, 0.2) is 69.3 Å². The highest BCUT2D eigenvalue weighted by Gasteiger charge is 2.35. The van der Waals surface area contributed by atoms with Crippen LogP contribution in [0.3, 0.4) is 0 Å². The largest absolute Gasteiger partial charge is 0.273 e. The van der Waals surface area contributed by atoms with Crippen molar-refractivity contribution in [3.05, 3.63) is 65.5 Å². The first-order valence-electron chi connectivity index (χ1n) is 8.25. The van der Waals surface area contributed by atoms with Crippen molar-refractivity contribution in [1.82, 2.24) is 9.97 Å². The number of benzene rings is 2. The third-order valence-electron chi connectivity index (χ3n) is 4.10. The summed E-state index contributed by atoms with van der Waals surface area (Å²) in [6, 6.07) is 18.3. The molecule has 1 saturated heterocycles. The molecule has 0 spiro atoms. The molecule has 2 aromatic heterocycles. The Balaban J connectivity index is 1.41. The summed E-state index contributed by atoms with van der Waals surface area (Å²) < 4.78 is 2.14. The summed E-state index contributed by atoms with van der Waals surface area (Å²) in [5, 5.41) is 3.63. The average molecular weight is 428 g/mol. The Labute approximate surface area is 172 Å². The Morgan fingerprint density at radius 1 is 1.04 bits per heavy atom. The maximum atomic E-state index is 12.5. The number of carbonyl (C=O) groups excluding carboxylic acids is 1. The van der Waals surface area contributed by atoms with E-state index in [0.29, 0.717) is 5.75 Å². The molecule has 1 aliphatic rings. The fraction of sp³-hybridized carbons (Fsp3) is 0.105. The topological polar surface area (TPSA) is 46.1 Å². The second-order valence-electron chi connectivity index (χ2n) is 5.86. The van der Waals surface area contributed by atoms with Gasteiger partial charge in [-0.3, -0.25) is 9.69 Å². The van der Waals surface area contributed by atoms with Crippen LogP contribution in [0, 0.1) is 0 Å². The second-order valence-corrected chi connectivity index (χ2v) is 10.1. The summed E-state index contributed by atoms with van der Waals surface area (Å²) in [6.45, 7) is 0. The lowest BCUT2D eigenvalue weighted by Gasteiger charge is -2.21. The van der Waals surface area contributed by atoms with Crippen LogP contribution >= 0.6 is 46.2 Å². The predicted octanol–water partition coefficient (Wildman–Crippen LogP) is 5.68. The van der Waals surface area contributed by atoms with Gasteiger partial charge in [-0.15, -0.1) is 34.4 Å². The Morgan fingerprint density at radius 2 is 1.85 bits per heavy atom. The molecule has 0 saturated carbocycles. The van der Waals surface area contributed by atoms with Crippen molar-refractivity contribution in [2.75, 3.05) is 10.7 Å². The quantitative estimate of drug-likeness (QED) is 0.419. The molecule has 8 heteroatoms. The van der Waals surface area contributed by atoms with Crippen LogP contribution in [0.2, 0.25) is 0 Å². The molecule has 1 unspecified atom stereocenters.